The first-order chi connectivity index (χ1) is 15.4. The highest BCUT2D eigenvalue weighted by Crippen LogP contribution is 2.39. The third-order valence-corrected chi connectivity index (χ3v) is 6.93. The maximum absolute atomic E-state index is 12.9. The summed E-state index contributed by atoms with van der Waals surface area (Å²) in [6.07, 6.45) is 7.37. The van der Waals surface area contributed by atoms with Gasteiger partial charge in [0, 0.05) is 11.0 Å². The normalized spacial score (nSPS) is 18.3. The van der Waals surface area contributed by atoms with Gasteiger partial charge in [-0.3, -0.25) is 14.5 Å². The van der Waals surface area contributed by atoms with Crippen molar-refractivity contribution in [2.24, 2.45) is 5.92 Å². The Bertz CT molecular complexity index is 897. The van der Waals surface area contributed by atoms with Gasteiger partial charge in [0.2, 0.25) is 0 Å². The molecule has 0 bridgehead atoms. The molecule has 2 aliphatic rings. The minimum absolute atomic E-state index is 0.220. The van der Waals surface area contributed by atoms with Gasteiger partial charge in [-0.1, -0.05) is 35.2 Å². The second kappa shape index (κ2) is 11.7. The molecule has 2 fully saturated rings. The molecule has 0 atom stereocenters. The van der Waals surface area contributed by atoms with Gasteiger partial charge in [0.25, 0.3) is 11.1 Å². The summed E-state index contributed by atoms with van der Waals surface area (Å²) in [5.41, 5.74) is 0.681. The second-order valence-electron chi connectivity index (χ2n) is 7.64. The number of ether oxygens (including phenoxy) is 3. The van der Waals surface area contributed by atoms with Crippen molar-refractivity contribution in [3.8, 4) is 11.5 Å². The zero-order valence-corrected chi connectivity index (χ0v) is 20.8. The highest BCUT2D eigenvalue weighted by atomic mass is 79.9. The Balaban J connectivity index is 1.77. The molecule has 9 heteroatoms. The van der Waals surface area contributed by atoms with E-state index < -0.39 is 5.97 Å². The topological polar surface area (TPSA) is 82.1 Å². The summed E-state index contributed by atoms with van der Waals surface area (Å²) < 4.78 is 16.8. The lowest BCUT2D eigenvalue weighted by Gasteiger charge is -2.25. The predicted molar refractivity (Wildman–Crippen MR) is 127 cm³/mol. The van der Waals surface area contributed by atoms with Gasteiger partial charge in [-0.25, -0.2) is 4.79 Å². The molecular formula is C23H28BrNO6S. The molecular weight excluding hydrogens is 498 g/mol. The van der Waals surface area contributed by atoms with Gasteiger partial charge >= 0.3 is 5.97 Å². The monoisotopic (exact) mass is 525 g/mol. The number of rotatable bonds is 9. The van der Waals surface area contributed by atoms with Crippen molar-refractivity contribution in [2.45, 2.75) is 46.0 Å². The minimum Gasteiger partial charge on any atom is -0.490 e. The highest BCUT2D eigenvalue weighted by molar-refractivity contribution is 9.10. The van der Waals surface area contributed by atoms with E-state index in [1.165, 1.54) is 11.3 Å². The van der Waals surface area contributed by atoms with Crippen molar-refractivity contribution in [3.63, 3.8) is 0 Å². The van der Waals surface area contributed by atoms with Gasteiger partial charge in [0.15, 0.2) is 18.1 Å². The number of esters is 1. The van der Waals surface area contributed by atoms with E-state index in [0.29, 0.717) is 45.5 Å². The maximum Gasteiger partial charge on any atom is 0.344 e. The minimum atomic E-state index is -0.471. The number of carbonyl (C=O) groups excluding carboxylic acids is 3. The fourth-order valence-corrected chi connectivity index (χ4v) is 5.08. The molecule has 0 radical (unpaired) electrons. The van der Waals surface area contributed by atoms with E-state index in [1.807, 2.05) is 6.92 Å². The molecule has 3 rings (SSSR count). The summed E-state index contributed by atoms with van der Waals surface area (Å²) in [5, 5.41) is -0.220. The number of nitrogens with zero attached hydrogens (tertiary/aromatic N) is 1. The number of hydrogen-bond donors (Lipinski definition) is 0. The fraction of sp³-hybridized carbons (Fsp3) is 0.522. The van der Waals surface area contributed by atoms with Crippen LogP contribution in [0, 0.1) is 5.92 Å². The molecule has 1 heterocycles. The van der Waals surface area contributed by atoms with Crippen LogP contribution in [0.4, 0.5) is 4.79 Å². The molecule has 1 saturated heterocycles. The average molecular weight is 526 g/mol. The quantitative estimate of drug-likeness (QED) is 0.315. The maximum atomic E-state index is 12.9. The van der Waals surface area contributed by atoms with E-state index in [-0.39, 0.29) is 24.4 Å². The summed E-state index contributed by atoms with van der Waals surface area (Å²) in [6, 6.07) is 3.41. The smallest absolute Gasteiger partial charge is 0.344 e. The van der Waals surface area contributed by atoms with Crippen LogP contribution in [0.5, 0.6) is 11.5 Å². The van der Waals surface area contributed by atoms with Crippen molar-refractivity contribution in [1.29, 1.82) is 0 Å². The van der Waals surface area contributed by atoms with Crippen LogP contribution in [0.25, 0.3) is 6.08 Å². The van der Waals surface area contributed by atoms with Crippen molar-refractivity contribution >= 4 is 50.9 Å². The first-order valence-electron chi connectivity index (χ1n) is 10.9. The Labute approximate surface area is 201 Å². The Morgan fingerprint density at radius 3 is 2.53 bits per heavy atom. The van der Waals surface area contributed by atoms with Crippen molar-refractivity contribution in [3.05, 3.63) is 27.1 Å². The molecule has 32 heavy (non-hydrogen) atoms. The van der Waals surface area contributed by atoms with Crippen LogP contribution in [0.2, 0.25) is 0 Å². The van der Waals surface area contributed by atoms with Crippen molar-refractivity contribution in [2.75, 3.05) is 26.4 Å². The Morgan fingerprint density at radius 2 is 1.84 bits per heavy atom. The van der Waals surface area contributed by atoms with Crippen molar-refractivity contribution in [1.82, 2.24) is 4.90 Å². The van der Waals surface area contributed by atoms with E-state index in [0.717, 1.165) is 37.4 Å². The molecule has 1 aliphatic carbocycles. The molecule has 0 spiro atoms. The van der Waals surface area contributed by atoms with Crippen LogP contribution in [0.3, 0.4) is 0 Å². The van der Waals surface area contributed by atoms with Gasteiger partial charge in [-0.15, -0.1) is 0 Å². The predicted octanol–water partition coefficient (Wildman–Crippen LogP) is 5.41. The summed E-state index contributed by atoms with van der Waals surface area (Å²) in [5.74, 6) is 0.491. The van der Waals surface area contributed by atoms with Gasteiger partial charge < -0.3 is 14.2 Å². The van der Waals surface area contributed by atoms with Crippen LogP contribution >= 0.6 is 27.7 Å². The lowest BCUT2D eigenvalue weighted by Crippen LogP contribution is -2.34. The largest absolute Gasteiger partial charge is 0.490 e. The first kappa shape index (κ1) is 24.6. The number of benzene rings is 1. The van der Waals surface area contributed by atoms with Gasteiger partial charge in [0.05, 0.1) is 18.1 Å². The lowest BCUT2D eigenvalue weighted by atomic mass is 9.89. The number of hydrogen-bond acceptors (Lipinski definition) is 7. The molecule has 1 aromatic carbocycles. The van der Waals surface area contributed by atoms with Crippen LogP contribution in [-0.2, 0) is 14.3 Å². The Morgan fingerprint density at radius 1 is 1.12 bits per heavy atom. The molecule has 0 aromatic heterocycles. The molecule has 0 unspecified atom stereocenters. The molecule has 174 valence electrons. The molecule has 1 aromatic rings. The third-order valence-electron chi connectivity index (χ3n) is 5.34. The first-order valence-corrected chi connectivity index (χ1v) is 12.5. The van der Waals surface area contributed by atoms with E-state index >= 15 is 0 Å². The second-order valence-corrected chi connectivity index (χ2v) is 9.49. The van der Waals surface area contributed by atoms with Gasteiger partial charge in [0.1, 0.15) is 0 Å². The standard InChI is InChI=1S/C23H28BrNO6S/c1-3-29-18-10-16(17(24)12-19(18)31-14-21(26)30-4-2)11-20-22(27)25(23(28)32-20)13-15-8-6-5-7-9-15/h10-12,15H,3-9,13-14H2,1-2H3/b20-11+. The van der Waals surface area contributed by atoms with Crippen LogP contribution < -0.4 is 9.47 Å². The zero-order valence-electron chi connectivity index (χ0n) is 18.4. The van der Waals surface area contributed by atoms with Crippen LogP contribution in [-0.4, -0.2) is 48.4 Å². The van der Waals surface area contributed by atoms with E-state index in [2.05, 4.69) is 15.9 Å². The van der Waals surface area contributed by atoms with Gasteiger partial charge in [-0.05, 0) is 68.1 Å². The molecule has 1 aliphatic heterocycles. The third kappa shape index (κ3) is 6.28. The SMILES string of the molecule is CCOC(=O)COc1cc(Br)c(/C=C2/SC(=O)N(CC3CCCCC3)C2=O)cc1OCC. The molecule has 1 saturated carbocycles. The van der Waals surface area contributed by atoms with Crippen LogP contribution in [0.15, 0.2) is 21.5 Å². The number of carbonyl (C=O) groups is 3. The summed E-state index contributed by atoms with van der Waals surface area (Å²) >= 11 is 4.45. The average Bonchev–Trinajstić information content (AvgIpc) is 3.03. The van der Waals surface area contributed by atoms with E-state index in [4.69, 9.17) is 14.2 Å². The number of imide groups is 1. The molecule has 2 amide bonds. The Hall–Kier alpha value is -2.00. The summed E-state index contributed by atoms with van der Waals surface area (Å²) in [4.78, 5) is 38.8. The van der Waals surface area contributed by atoms with Gasteiger partial charge in [-0.2, -0.15) is 0 Å². The number of amides is 2. The van der Waals surface area contributed by atoms with Crippen LogP contribution in [0.1, 0.15) is 51.5 Å². The summed E-state index contributed by atoms with van der Waals surface area (Å²) in [6.45, 7) is 4.50. The Kier molecular flexibility index (Phi) is 9.04. The van der Waals surface area contributed by atoms with Crippen molar-refractivity contribution < 1.29 is 28.6 Å². The molecule has 7 nitrogen and oxygen atoms in total. The summed E-state index contributed by atoms with van der Waals surface area (Å²) in [7, 11) is 0. The highest BCUT2D eigenvalue weighted by Gasteiger charge is 2.36. The number of thioether (sulfide) groups is 1. The van der Waals surface area contributed by atoms with E-state index in [1.54, 1.807) is 25.1 Å². The fourth-order valence-electron chi connectivity index (χ4n) is 3.81. The zero-order chi connectivity index (χ0) is 23.1. The number of halogens is 1. The van der Waals surface area contributed by atoms with E-state index in [9.17, 15) is 14.4 Å². The molecule has 0 N–H and O–H groups in total. The lowest BCUT2D eigenvalue weighted by molar-refractivity contribution is -0.145.